The van der Waals surface area contributed by atoms with Crippen molar-refractivity contribution in [2.75, 3.05) is 4.90 Å². The Morgan fingerprint density at radius 1 is 0.724 bits per heavy atom. The molecule has 4 rings (SSSR count). The van der Waals surface area contributed by atoms with Crippen LogP contribution in [0.2, 0.25) is 0 Å². The molecule has 0 aliphatic carbocycles. The van der Waals surface area contributed by atoms with E-state index in [1.165, 1.54) is 0 Å². The lowest BCUT2D eigenvalue weighted by Crippen LogP contribution is -2.33. The molecular weight excluding hydrogens is 389 g/mol. The number of anilines is 1. The van der Waals surface area contributed by atoms with Gasteiger partial charge in [0.2, 0.25) is 5.91 Å². The predicted octanol–water partition coefficient (Wildman–Crippen LogP) is 4.67. The Hall–Kier alpha value is -3.37. The molecule has 0 spiro atoms. The van der Waals surface area contributed by atoms with E-state index in [0.717, 1.165) is 4.90 Å². The summed E-state index contributed by atoms with van der Waals surface area (Å²) in [6, 6.07) is 25.5. The number of hydrogen-bond donors (Lipinski definition) is 0. The maximum Gasteiger partial charge on any atom is 0.443 e. The zero-order chi connectivity index (χ0) is 20.3. The fraction of sp³-hybridized carbons (Fsp3) is 0.0909. The molecule has 0 radical (unpaired) electrons. The summed E-state index contributed by atoms with van der Waals surface area (Å²) < 4.78 is 25.3. The third-order valence-corrected chi connectivity index (χ3v) is 6.57. The lowest BCUT2D eigenvalue weighted by atomic mass is 10.3. The van der Waals surface area contributed by atoms with Crippen LogP contribution in [0.25, 0.3) is 0 Å². The van der Waals surface area contributed by atoms with E-state index < -0.39 is 25.1 Å². The first-order valence-electron chi connectivity index (χ1n) is 9.08. The van der Waals surface area contributed by atoms with Crippen LogP contribution in [0.15, 0.2) is 91.0 Å². The molecule has 7 heteroatoms. The number of carbonyl (C=O) groups excluding carboxylic acids is 2. The maximum atomic E-state index is 13.8. The first-order valence-corrected chi connectivity index (χ1v) is 10.7. The van der Waals surface area contributed by atoms with Crippen LogP contribution in [-0.4, -0.2) is 17.5 Å². The second-order valence-corrected chi connectivity index (χ2v) is 8.54. The van der Waals surface area contributed by atoms with Crippen molar-refractivity contribution in [3.8, 4) is 11.5 Å². The van der Waals surface area contributed by atoms with E-state index in [4.69, 9.17) is 9.05 Å². The van der Waals surface area contributed by atoms with Crippen LogP contribution < -0.4 is 13.9 Å². The molecule has 146 valence electrons. The van der Waals surface area contributed by atoms with Gasteiger partial charge in [-0.05, 0) is 36.4 Å². The van der Waals surface area contributed by atoms with Crippen molar-refractivity contribution in [1.82, 2.24) is 0 Å². The minimum Gasteiger partial charge on any atom is -0.416 e. The highest BCUT2D eigenvalue weighted by Crippen LogP contribution is 2.56. The van der Waals surface area contributed by atoms with E-state index in [-0.39, 0.29) is 6.42 Å². The van der Waals surface area contributed by atoms with Gasteiger partial charge >= 0.3 is 7.60 Å². The molecule has 1 atom stereocenters. The molecule has 0 saturated carbocycles. The highest BCUT2D eigenvalue weighted by molar-refractivity contribution is 7.56. The predicted molar refractivity (Wildman–Crippen MR) is 109 cm³/mol. The maximum absolute atomic E-state index is 13.8. The Labute approximate surface area is 168 Å². The fourth-order valence-corrected chi connectivity index (χ4v) is 5.00. The van der Waals surface area contributed by atoms with Crippen molar-refractivity contribution in [3.63, 3.8) is 0 Å². The van der Waals surface area contributed by atoms with Gasteiger partial charge in [0.05, 0.1) is 12.1 Å². The number of rotatable bonds is 6. The summed E-state index contributed by atoms with van der Waals surface area (Å²) in [7, 11) is -4.07. The van der Waals surface area contributed by atoms with E-state index in [0.29, 0.717) is 17.2 Å². The van der Waals surface area contributed by atoms with E-state index in [1.54, 1.807) is 91.0 Å². The summed E-state index contributed by atoms with van der Waals surface area (Å²) in [6.45, 7) is 0. The smallest absolute Gasteiger partial charge is 0.416 e. The van der Waals surface area contributed by atoms with Crippen molar-refractivity contribution in [1.29, 1.82) is 0 Å². The van der Waals surface area contributed by atoms with Gasteiger partial charge in [-0.25, -0.2) is 9.46 Å². The van der Waals surface area contributed by atoms with E-state index in [9.17, 15) is 14.2 Å². The summed E-state index contributed by atoms with van der Waals surface area (Å²) >= 11 is 0. The van der Waals surface area contributed by atoms with Gasteiger partial charge in [-0.3, -0.25) is 9.59 Å². The highest BCUT2D eigenvalue weighted by atomic mass is 31.2. The van der Waals surface area contributed by atoms with Crippen molar-refractivity contribution >= 4 is 25.1 Å². The summed E-state index contributed by atoms with van der Waals surface area (Å²) in [6.07, 6.45) is -0.259. The summed E-state index contributed by atoms with van der Waals surface area (Å²) in [5.74, 6) is -0.452. The summed E-state index contributed by atoms with van der Waals surface area (Å²) in [5, 5.41) is 0. The lowest BCUT2D eigenvalue weighted by Gasteiger charge is -2.24. The number of nitrogens with zero attached hydrogens (tertiary/aromatic N) is 1. The van der Waals surface area contributed by atoms with Crippen LogP contribution >= 0.6 is 7.60 Å². The third-order valence-electron chi connectivity index (χ3n) is 4.47. The molecule has 0 bridgehead atoms. The van der Waals surface area contributed by atoms with Crippen molar-refractivity contribution in [3.05, 3.63) is 91.0 Å². The van der Waals surface area contributed by atoms with Crippen LogP contribution in [0.5, 0.6) is 11.5 Å². The zero-order valence-electron chi connectivity index (χ0n) is 15.4. The molecule has 1 heterocycles. The van der Waals surface area contributed by atoms with E-state index in [1.807, 2.05) is 0 Å². The van der Waals surface area contributed by atoms with Gasteiger partial charge in [0.25, 0.3) is 5.91 Å². The van der Waals surface area contributed by atoms with Gasteiger partial charge in [0.15, 0.2) is 5.66 Å². The number of benzene rings is 3. The number of carbonyl (C=O) groups is 2. The van der Waals surface area contributed by atoms with Crippen LogP contribution in [0, 0.1) is 0 Å². The SMILES string of the molecule is O=C1CC(P(=O)(Oc2ccccc2)Oc2ccccc2)C(=O)N1c1ccccc1. The largest absolute Gasteiger partial charge is 0.443 e. The molecule has 0 aromatic heterocycles. The minimum absolute atomic E-state index is 0.259. The Morgan fingerprint density at radius 2 is 1.17 bits per heavy atom. The van der Waals surface area contributed by atoms with Crippen LogP contribution in [0.3, 0.4) is 0 Å². The number of imide groups is 1. The fourth-order valence-electron chi connectivity index (χ4n) is 3.11. The third kappa shape index (κ3) is 3.93. The Bertz CT molecular complexity index is 1010. The van der Waals surface area contributed by atoms with Gasteiger partial charge < -0.3 is 9.05 Å². The van der Waals surface area contributed by atoms with Gasteiger partial charge in [0.1, 0.15) is 11.5 Å². The standard InChI is InChI=1S/C22H18NO5P/c24-21-16-20(22(25)23(21)17-10-4-1-5-11-17)29(26,27-18-12-6-2-7-13-18)28-19-14-8-3-9-15-19/h1-15,20H,16H2. The summed E-state index contributed by atoms with van der Waals surface area (Å²) in [4.78, 5) is 26.8. The molecule has 3 aromatic rings. The Balaban J connectivity index is 1.70. The molecule has 3 aromatic carbocycles. The quantitative estimate of drug-likeness (QED) is 0.439. The van der Waals surface area contributed by atoms with E-state index in [2.05, 4.69) is 0 Å². The molecule has 29 heavy (non-hydrogen) atoms. The van der Waals surface area contributed by atoms with Gasteiger partial charge in [-0.2, -0.15) is 0 Å². The molecule has 2 amide bonds. The molecule has 1 aliphatic heterocycles. The van der Waals surface area contributed by atoms with Crippen LogP contribution in [0.4, 0.5) is 5.69 Å². The van der Waals surface area contributed by atoms with Gasteiger partial charge in [-0.15, -0.1) is 0 Å². The number of hydrogen-bond acceptors (Lipinski definition) is 5. The Morgan fingerprint density at radius 3 is 1.66 bits per heavy atom. The van der Waals surface area contributed by atoms with Crippen molar-refractivity contribution in [2.24, 2.45) is 0 Å². The Kier molecular flexibility index (Phi) is 5.19. The van der Waals surface area contributed by atoms with Crippen molar-refractivity contribution in [2.45, 2.75) is 12.1 Å². The van der Waals surface area contributed by atoms with Crippen LogP contribution in [-0.2, 0) is 14.2 Å². The normalized spacial score (nSPS) is 16.7. The summed E-state index contributed by atoms with van der Waals surface area (Å²) in [5.41, 5.74) is -0.813. The molecule has 0 N–H and O–H groups in total. The average Bonchev–Trinajstić information content (AvgIpc) is 3.05. The topological polar surface area (TPSA) is 72.9 Å². The molecule has 1 unspecified atom stereocenters. The molecule has 1 saturated heterocycles. The van der Waals surface area contributed by atoms with Crippen molar-refractivity contribution < 1.29 is 23.2 Å². The minimum atomic E-state index is -4.07. The molecule has 6 nitrogen and oxygen atoms in total. The molecule has 1 fully saturated rings. The molecular formula is C22H18NO5P. The lowest BCUT2D eigenvalue weighted by molar-refractivity contribution is -0.121. The number of amides is 2. The van der Waals surface area contributed by atoms with Gasteiger partial charge in [0, 0.05) is 0 Å². The zero-order valence-corrected chi connectivity index (χ0v) is 16.3. The number of para-hydroxylation sites is 3. The average molecular weight is 407 g/mol. The first kappa shape index (κ1) is 19.0. The second-order valence-electron chi connectivity index (χ2n) is 6.47. The van der Waals surface area contributed by atoms with Crippen LogP contribution in [0.1, 0.15) is 6.42 Å². The van der Waals surface area contributed by atoms with E-state index >= 15 is 0 Å². The monoisotopic (exact) mass is 407 g/mol. The second kappa shape index (κ2) is 7.94. The first-order chi connectivity index (χ1) is 14.1. The molecule has 1 aliphatic rings. The highest BCUT2D eigenvalue weighted by Gasteiger charge is 2.53. The van der Waals surface area contributed by atoms with Gasteiger partial charge in [-0.1, -0.05) is 54.6 Å².